The van der Waals surface area contributed by atoms with E-state index in [-0.39, 0.29) is 11.9 Å². The van der Waals surface area contributed by atoms with Crippen molar-refractivity contribution in [3.8, 4) is 0 Å². The van der Waals surface area contributed by atoms with E-state index in [2.05, 4.69) is 26.1 Å². The van der Waals surface area contributed by atoms with Crippen LogP contribution in [0.5, 0.6) is 0 Å². The Balaban J connectivity index is 2.47. The summed E-state index contributed by atoms with van der Waals surface area (Å²) in [4.78, 5) is 11.9. The Morgan fingerprint density at radius 3 is 2.56 bits per heavy atom. The molecule has 0 aromatic heterocycles. The number of carbonyl (C=O) groups is 1. The lowest BCUT2D eigenvalue weighted by atomic mass is 9.74. The minimum atomic E-state index is 0.113. The molecule has 1 amide bonds. The van der Waals surface area contributed by atoms with Crippen LogP contribution in [0.25, 0.3) is 0 Å². The highest BCUT2D eigenvalue weighted by molar-refractivity contribution is 5.76. The second kappa shape index (κ2) is 7.13. The molecule has 3 heteroatoms. The van der Waals surface area contributed by atoms with Gasteiger partial charge in [0, 0.05) is 18.5 Å². The summed E-state index contributed by atoms with van der Waals surface area (Å²) in [5.41, 5.74) is 5.69. The first kappa shape index (κ1) is 15.5. The third kappa shape index (κ3) is 4.97. The molecule has 0 aromatic rings. The SMILES string of the molecule is CC(N)CCC(=O)NC1CC(C)CCC1C(C)C. The van der Waals surface area contributed by atoms with Crippen LogP contribution >= 0.6 is 0 Å². The zero-order valence-corrected chi connectivity index (χ0v) is 12.4. The highest BCUT2D eigenvalue weighted by Gasteiger charge is 2.31. The standard InChI is InChI=1S/C15H30N2O/c1-10(2)13-7-5-11(3)9-14(13)17-15(18)8-6-12(4)16/h10-14H,5-9,16H2,1-4H3,(H,17,18). The van der Waals surface area contributed by atoms with Crippen LogP contribution in [0, 0.1) is 17.8 Å². The van der Waals surface area contributed by atoms with Gasteiger partial charge in [0.25, 0.3) is 0 Å². The highest BCUT2D eigenvalue weighted by Crippen LogP contribution is 2.33. The lowest BCUT2D eigenvalue weighted by molar-refractivity contribution is -0.122. The fourth-order valence-corrected chi connectivity index (χ4v) is 3.01. The third-order valence-electron chi connectivity index (χ3n) is 4.20. The molecule has 18 heavy (non-hydrogen) atoms. The highest BCUT2D eigenvalue weighted by atomic mass is 16.1. The molecule has 1 aliphatic carbocycles. The molecule has 3 nitrogen and oxygen atoms in total. The maximum absolute atomic E-state index is 11.9. The molecule has 0 aromatic carbocycles. The zero-order valence-electron chi connectivity index (χ0n) is 12.4. The molecule has 4 atom stereocenters. The van der Waals surface area contributed by atoms with Gasteiger partial charge in [-0.3, -0.25) is 4.79 Å². The first-order valence-corrected chi connectivity index (χ1v) is 7.45. The number of amides is 1. The first-order valence-electron chi connectivity index (χ1n) is 7.45. The number of nitrogens with two attached hydrogens (primary N) is 1. The van der Waals surface area contributed by atoms with Gasteiger partial charge in [-0.15, -0.1) is 0 Å². The Labute approximate surface area is 112 Å². The zero-order chi connectivity index (χ0) is 13.7. The summed E-state index contributed by atoms with van der Waals surface area (Å²) in [6.45, 7) is 8.77. The normalized spacial score (nSPS) is 30.2. The Morgan fingerprint density at radius 2 is 2.00 bits per heavy atom. The number of hydrogen-bond acceptors (Lipinski definition) is 2. The van der Waals surface area contributed by atoms with Gasteiger partial charge >= 0.3 is 0 Å². The number of nitrogens with one attached hydrogen (secondary N) is 1. The quantitative estimate of drug-likeness (QED) is 0.792. The van der Waals surface area contributed by atoms with Crippen molar-refractivity contribution in [2.24, 2.45) is 23.5 Å². The van der Waals surface area contributed by atoms with Crippen LogP contribution in [0.4, 0.5) is 0 Å². The van der Waals surface area contributed by atoms with Crippen LogP contribution in [0.1, 0.15) is 59.8 Å². The van der Waals surface area contributed by atoms with Crippen molar-refractivity contribution in [3.05, 3.63) is 0 Å². The van der Waals surface area contributed by atoms with E-state index in [0.29, 0.717) is 24.3 Å². The molecule has 0 heterocycles. The fraction of sp³-hybridized carbons (Fsp3) is 0.933. The summed E-state index contributed by atoms with van der Waals surface area (Å²) in [6.07, 6.45) is 5.02. The van der Waals surface area contributed by atoms with E-state index in [1.54, 1.807) is 0 Å². The van der Waals surface area contributed by atoms with Gasteiger partial charge in [0.2, 0.25) is 5.91 Å². The van der Waals surface area contributed by atoms with E-state index in [1.807, 2.05) is 6.92 Å². The van der Waals surface area contributed by atoms with E-state index in [4.69, 9.17) is 5.73 Å². The summed E-state index contributed by atoms with van der Waals surface area (Å²) in [7, 11) is 0. The van der Waals surface area contributed by atoms with Crippen LogP contribution in [0.2, 0.25) is 0 Å². The smallest absolute Gasteiger partial charge is 0.220 e. The van der Waals surface area contributed by atoms with Gasteiger partial charge in [0.1, 0.15) is 0 Å². The topological polar surface area (TPSA) is 55.1 Å². The van der Waals surface area contributed by atoms with Crippen molar-refractivity contribution in [1.82, 2.24) is 5.32 Å². The van der Waals surface area contributed by atoms with Crippen molar-refractivity contribution in [1.29, 1.82) is 0 Å². The largest absolute Gasteiger partial charge is 0.353 e. The van der Waals surface area contributed by atoms with E-state index < -0.39 is 0 Å². The van der Waals surface area contributed by atoms with Gasteiger partial charge in [0.05, 0.1) is 0 Å². The molecule has 1 saturated carbocycles. The number of carbonyl (C=O) groups excluding carboxylic acids is 1. The molecular weight excluding hydrogens is 224 g/mol. The molecule has 0 radical (unpaired) electrons. The molecule has 0 spiro atoms. The van der Waals surface area contributed by atoms with Gasteiger partial charge < -0.3 is 11.1 Å². The summed E-state index contributed by atoms with van der Waals surface area (Å²) in [5, 5.41) is 3.24. The van der Waals surface area contributed by atoms with Crippen LogP contribution in [0.3, 0.4) is 0 Å². The van der Waals surface area contributed by atoms with Gasteiger partial charge in [0.15, 0.2) is 0 Å². The van der Waals surface area contributed by atoms with Crippen LogP contribution < -0.4 is 11.1 Å². The second-order valence-corrected chi connectivity index (χ2v) is 6.52. The van der Waals surface area contributed by atoms with Gasteiger partial charge in [-0.05, 0) is 43.9 Å². The molecule has 3 N–H and O–H groups in total. The Morgan fingerprint density at radius 1 is 1.33 bits per heavy atom. The van der Waals surface area contributed by atoms with Crippen molar-refractivity contribution in [2.45, 2.75) is 71.9 Å². The van der Waals surface area contributed by atoms with E-state index in [1.165, 1.54) is 12.8 Å². The number of hydrogen-bond donors (Lipinski definition) is 2. The Hall–Kier alpha value is -0.570. The van der Waals surface area contributed by atoms with Crippen molar-refractivity contribution < 1.29 is 4.79 Å². The minimum absolute atomic E-state index is 0.113. The number of rotatable bonds is 5. The third-order valence-corrected chi connectivity index (χ3v) is 4.20. The maximum Gasteiger partial charge on any atom is 0.220 e. The minimum Gasteiger partial charge on any atom is -0.353 e. The predicted molar refractivity (Wildman–Crippen MR) is 76.2 cm³/mol. The molecule has 0 aliphatic heterocycles. The predicted octanol–water partition coefficient (Wildman–Crippen LogP) is 2.69. The fourth-order valence-electron chi connectivity index (χ4n) is 3.01. The van der Waals surface area contributed by atoms with Crippen molar-refractivity contribution >= 4 is 5.91 Å². The Bertz CT molecular complexity index is 263. The molecule has 4 unspecified atom stereocenters. The lowest BCUT2D eigenvalue weighted by Gasteiger charge is -2.37. The van der Waals surface area contributed by atoms with E-state index in [9.17, 15) is 4.79 Å². The molecule has 1 rings (SSSR count). The molecular formula is C15H30N2O. The summed E-state index contributed by atoms with van der Waals surface area (Å²) in [5.74, 6) is 2.20. The molecule has 1 aliphatic rings. The van der Waals surface area contributed by atoms with Gasteiger partial charge in [-0.25, -0.2) is 0 Å². The monoisotopic (exact) mass is 254 g/mol. The van der Waals surface area contributed by atoms with Gasteiger partial charge in [-0.1, -0.05) is 27.2 Å². The molecule has 0 bridgehead atoms. The average Bonchev–Trinajstić information content (AvgIpc) is 2.26. The van der Waals surface area contributed by atoms with Crippen LogP contribution in [-0.4, -0.2) is 18.0 Å². The second-order valence-electron chi connectivity index (χ2n) is 6.52. The summed E-state index contributed by atoms with van der Waals surface area (Å²) in [6, 6.07) is 0.483. The first-order chi connectivity index (χ1) is 8.40. The molecule has 0 saturated heterocycles. The maximum atomic E-state index is 11.9. The van der Waals surface area contributed by atoms with Crippen molar-refractivity contribution in [2.75, 3.05) is 0 Å². The van der Waals surface area contributed by atoms with Gasteiger partial charge in [-0.2, -0.15) is 0 Å². The van der Waals surface area contributed by atoms with Crippen LogP contribution in [0.15, 0.2) is 0 Å². The summed E-state index contributed by atoms with van der Waals surface area (Å²) >= 11 is 0. The van der Waals surface area contributed by atoms with Crippen molar-refractivity contribution in [3.63, 3.8) is 0 Å². The Kier molecular flexibility index (Phi) is 6.13. The van der Waals surface area contributed by atoms with E-state index in [0.717, 1.165) is 18.8 Å². The molecule has 1 fully saturated rings. The molecule has 106 valence electrons. The average molecular weight is 254 g/mol. The van der Waals surface area contributed by atoms with Crippen LogP contribution in [-0.2, 0) is 4.79 Å². The lowest BCUT2D eigenvalue weighted by Crippen LogP contribution is -2.45. The van der Waals surface area contributed by atoms with E-state index >= 15 is 0 Å². The summed E-state index contributed by atoms with van der Waals surface area (Å²) < 4.78 is 0.